The van der Waals surface area contributed by atoms with Crippen LogP contribution in [0.1, 0.15) is 47.8 Å². The molecule has 0 saturated heterocycles. The van der Waals surface area contributed by atoms with E-state index in [-0.39, 0.29) is 5.60 Å². The predicted octanol–water partition coefficient (Wildman–Crippen LogP) is 4.30. The molecule has 112 valence electrons. The van der Waals surface area contributed by atoms with Crippen LogP contribution in [0.2, 0.25) is 0 Å². The number of hydrogen-bond donors (Lipinski definition) is 1. The first-order valence-corrected chi connectivity index (χ1v) is 8.36. The Balaban J connectivity index is 1.83. The lowest BCUT2D eigenvalue weighted by Gasteiger charge is -2.19. The van der Waals surface area contributed by atoms with Crippen LogP contribution in [-0.4, -0.2) is 10.7 Å². The average Bonchev–Trinajstić information content (AvgIpc) is 2.99. The molecule has 0 spiro atoms. The molecule has 1 aliphatic rings. The molecule has 2 nitrogen and oxygen atoms in total. The molecule has 0 amide bonds. The summed E-state index contributed by atoms with van der Waals surface area (Å²) in [6.07, 6.45) is 2.11. The third-order valence-corrected chi connectivity index (χ3v) is 5.19. The highest BCUT2D eigenvalue weighted by Crippen LogP contribution is 2.40. The maximum absolute atomic E-state index is 10.6. The summed E-state index contributed by atoms with van der Waals surface area (Å²) in [5.74, 6) is 0.891. The minimum absolute atomic E-state index is 0.170. The number of fused-ring (bicyclic) bond motifs is 1. The molecule has 0 saturated carbocycles. The van der Waals surface area contributed by atoms with Crippen LogP contribution < -0.4 is 4.74 Å². The number of aliphatic hydroxyl groups excluding tert-OH is 1. The Hall–Kier alpha value is -1.32. The zero-order valence-corrected chi connectivity index (χ0v) is 13.7. The number of hydrogen-bond acceptors (Lipinski definition) is 3. The van der Waals surface area contributed by atoms with E-state index in [1.807, 2.05) is 12.1 Å². The van der Waals surface area contributed by atoms with Crippen LogP contribution in [0.4, 0.5) is 0 Å². The molecule has 1 unspecified atom stereocenters. The van der Waals surface area contributed by atoms with E-state index in [1.165, 1.54) is 15.3 Å². The van der Waals surface area contributed by atoms with Gasteiger partial charge in [0, 0.05) is 28.2 Å². The molecule has 0 bridgehead atoms. The van der Waals surface area contributed by atoms with Crippen molar-refractivity contribution in [3.8, 4) is 5.75 Å². The summed E-state index contributed by atoms with van der Waals surface area (Å²) in [5.41, 5.74) is 1.96. The van der Waals surface area contributed by atoms with Crippen LogP contribution in [0.5, 0.6) is 5.75 Å². The fourth-order valence-corrected chi connectivity index (χ4v) is 3.92. The highest BCUT2D eigenvalue weighted by atomic mass is 32.1. The lowest BCUT2D eigenvalue weighted by atomic mass is 9.98. The second kappa shape index (κ2) is 5.47. The SMILES string of the molecule is CCc1ccc(CC(O)c2cccc3c2OC(C)(C)C3)s1. The quantitative estimate of drug-likeness (QED) is 0.912. The molecule has 1 aromatic heterocycles. The molecule has 3 rings (SSSR count). The number of ether oxygens (including phenoxy) is 1. The van der Waals surface area contributed by atoms with Gasteiger partial charge in [0.1, 0.15) is 11.4 Å². The Morgan fingerprint density at radius 3 is 2.71 bits per heavy atom. The minimum atomic E-state index is -0.503. The molecule has 2 heterocycles. The Labute approximate surface area is 130 Å². The molecule has 0 fully saturated rings. The van der Waals surface area contributed by atoms with Crippen LogP contribution >= 0.6 is 11.3 Å². The van der Waals surface area contributed by atoms with Gasteiger partial charge in [-0.15, -0.1) is 11.3 Å². The van der Waals surface area contributed by atoms with Crippen molar-refractivity contribution in [3.63, 3.8) is 0 Å². The minimum Gasteiger partial charge on any atom is -0.487 e. The first-order valence-electron chi connectivity index (χ1n) is 7.55. The summed E-state index contributed by atoms with van der Waals surface area (Å²) in [6, 6.07) is 10.4. The van der Waals surface area contributed by atoms with Crippen molar-refractivity contribution in [1.29, 1.82) is 0 Å². The largest absolute Gasteiger partial charge is 0.487 e. The molecule has 3 heteroatoms. The van der Waals surface area contributed by atoms with Gasteiger partial charge < -0.3 is 9.84 Å². The summed E-state index contributed by atoms with van der Waals surface area (Å²) in [6.45, 7) is 6.35. The molecule has 1 atom stereocenters. The maximum atomic E-state index is 10.6. The number of aryl methyl sites for hydroxylation is 1. The van der Waals surface area contributed by atoms with E-state index in [4.69, 9.17) is 4.74 Å². The van der Waals surface area contributed by atoms with Gasteiger partial charge in [-0.2, -0.15) is 0 Å². The van der Waals surface area contributed by atoms with Gasteiger partial charge in [0.05, 0.1) is 6.10 Å². The molecule has 1 N–H and O–H groups in total. The predicted molar refractivity (Wildman–Crippen MR) is 87.2 cm³/mol. The Kier molecular flexibility index (Phi) is 3.80. The highest BCUT2D eigenvalue weighted by Gasteiger charge is 2.32. The molecule has 0 radical (unpaired) electrons. The third-order valence-electron chi connectivity index (χ3n) is 3.94. The van der Waals surface area contributed by atoms with E-state index in [2.05, 4.69) is 39.0 Å². The topological polar surface area (TPSA) is 29.5 Å². The lowest BCUT2D eigenvalue weighted by Crippen LogP contribution is -2.25. The van der Waals surface area contributed by atoms with Crippen molar-refractivity contribution in [2.75, 3.05) is 0 Å². The Morgan fingerprint density at radius 1 is 1.24 bits per heavy atom. The van der Waals surface area contributed by atoms with Crippen LogP contribution in [-0.2, 0) is 19.3 Å². The van der Waals surface area contributed by atoms with E-state index in [0.717, 1.165) is 24.2 Å². The first-order chi connectivity index (χ1) is 9.98. The van der Waals surface area contributed by atoms with Crippen molar-refractivity contribution in [2.24, 2.45) is 0 Å². The van der Waals surface area contributed by atoms with Crippen molar-refractivity contribution in [2.45, 2.75) is 51.7 Å². The van der Waals surface area contributed by atoms with E-state index in [0.29, 0.717) is 6.42 Å². The second-order valence-corrected chi connectivity index (χ2v) is 7.57. The number of para-hydroxylation sites is 1. The van der Waals surface area contributed by atoms with Gasteiger partial charge in [-0.3, -0.25) is 0 Å². The zero-order valence-electron chi connectivity index (χ0n) is 12.8. The van der Waals surface area contributed by atoms with E-state index >= 15 is 0 Å². The molecule has 1 aromatic carbocycles. The van der Waals surface area contributed by atoms with Crippen LogP contribution in [0.3, 0.4) is 0 Å². The summed E-state index contributed by atoms with van der Waals surface area (Å²) >= 11 is 1.79. The third kappa shape index (κ3) is 2.99. The normalized spacial score (nSPS) is 17.3. The fourth-order valence-electron chi connectivity index (χ4n) is 2.92. The van der Waals surface area contributed by atoms with Crippen LogP contribution in [0.25, 0.3) is 0 Å². The number of rotatable bonds is 4. The zero-order chi connectivity index (χ0) is 15.0. The summed E-state index contributed by atoms with van der Waals surface area (Å²) in [4.78, 5) is 2.60. The van der Waals surface area contributed by atoms with Crippen molar-refractivity contribution >= 4 is 11.3 Å². The van der Waals surface area contributed by atoms with Gasteiger partial charge in [0.15, 0.2) is 0 Å². The average molecular weight is 302 g/mol. The van der Waals surface area contributed by atoms with E-state index in [9.17, 15) is 5.11 Å². The molecule has 1 aliphatic heterocycles. The highest BCUT2D eigenvalue weighted by molar-refractivity contribution is 7.11. The van der Waals surface area contributed by atoms with Crippen molar-refractivity contribution in [1.82, 2.24) is 0 Å². The van der Waals surface area contributed by atoms with Gasteiger partial charge in [0.25, 0.3) is 0 Å². The van der Waals surface area contributed by atoms with E-state index < -0.39 is 6.10 Å². The van der Waals surface area contributed by atoms with Gasteiger partial charge in [-0.05, 0) is 38.0 Å². The molecular formula is C18H22O2S. The smallest absolute Gasteiger partial charge is 0.129 e. The molecule has 0 aliphatic carbocycles. The van der Waals surface area contributed by atoms with Crippen LogP contribution in [0.15, 0.2) is 30.3 Å². The monoisotopic (exact) mass is 302 g/mol. The van der Waals surface area contributed by atoms with Crippen LogP contribution in [0, 0.1) is 0 Å². The van der Waals surface area contributed by atoms with Gasteiger partial charge in [0.2, 0.25) is 0 Å². The molecular weight excluding hydrogens is 280 g/mol. The Bertz CT molecular complexity index is 642. The summed E-state index contributed by atoms with van der Waals surface area (Å²) in [5, 5.41) is 10.6. The van der Waals surface area contributed by atoms with Gasteiger partial charge >= 0.3 is 0 Å². The Morgan fingerprint density at radius 2 is 2.00 bits per heavy atom. The van der Waals surface area contributed by atoms with Gasteiger partial charge in [-0.25, -0.2) is 0 Å². The standard InChI is InChI=1S/C18H22O2S/c1-4-13-8-9-14(21-13)10-16(19)15-7-5-6-12-11-18(2,3)20-17(12)15/h5-9,16,19H,4,10-11H2,1-3H3. The van der Waals surface area contributed by atoms with E-state index in [1.54, 1.807) is 11.3 Å². The number of thiophene rings is 1. The van der Waals surface area contributed by atoms with Crippen molar-refractivity contribution < 1.29 is 9.84 Å². The lowest BCUT2D eigenvalue weighted by molar-refractivity contribution is 0.126. The van der Waals surface area contributed by atoms with Gasteiger partial charge in [-0.1, -0.05) is 25.1 Å². The number of aliphatic hydroxyl groups is 1. The summed E-state index contributed by atoms with van der Waals surface area (Å²) < 4.78 is 6.05. The first kappa shape index (κ1) is 14.6. The maximum Gasteiger partial charge on any atom is 0.129 e. The molecule has 21 heavy (non-hydrogen) atoms. The molecule has 2 aromatic rings. The van der Waals surface area contributed by atoms with Crippen molar-refractivity contribution in [3.05, 3.63) is 51.2 Å². The summed E-state index contributed by atoms with van der Waals surface area (Å²) in [7, 11) is 0. The number of benzene rings is 1. The fraction of sp³-hybridized carbons (Fsp3) is 0.444. The second-order valence-electron chi connectivity index (χ2n) is 6.32.